The van der Waals surface area contributed by atoms with Crippen LogP contribution in [0.2, 0.25) is 0 Å². The lowest BCUT2D eigenvalue weighted by atomic mass is 10.1. The number of rotatable bonds is 4. The molecule has 0 saturated carbocycles. The second kappa shape index (κ2) is 7.01. The van der Waals surface area contributed by atoms with E-state index < -0.39 is 4.92 Å². The summed E-state index contributed by atoms with van der Waals surface area (Å²) in [7, 11) is 0. The van der Waals surface area contributed by atoms with Crippen LogP contribution < -0.4 is 10.1 Å². The largest absolute Gasteiger partial charge is 0.456 e. The van der Waals surface area contributed by atoms with Gasteiger partial charge in [-0.05, 0) is 30.3 Å². The third-order valence-corrected chi connectivity index (χ3v) is 5.35. The number of para-hydroxylation sites is 1. The van der Waals surface area contributed by atoms with Gasteiger partial charge in [0.05, 0.1) is 10.5 Å². The Labute approximate surface area is 171 Å². The van der Waals surface area contributed by atoms with Gasteiger partial charge in [0.25, 0.3) is 11.2 Å². The Morgan fingerprint density at radius 3 is 2.67 bits per heavy atom. The maximum atomic E-state index is 12.7. The van der Waals surface area contributed by atoms with Gasteiger partial charge in [0, 0.05) is 30.1 Å². The highest BCUT2D eigenvalue weighted by atomic mass is 32.1. The Balaban J connectivity index is 1.54. The van der Waals surface area contributed by atoms with Crippen molar-refractivity contribution >= 4 is 28.1 Å². The first-order valence-corrected chi connectivity index (χ1v) is 9.57. The summed E-state index contributed by atoms with van der Waals surface area (Å²) in [6.45, 7) is 0. The molecule has 0 aliphatic carbocycles. The minimum atomic E-state index is -0.461. The highest BCUT2D eigenvalue weighted by molar-refractivity contribution is 7.15. The summed E-state index contributed by atoms with van der Waals surface area (Å²) in [5.74, 6) is 1.20. The third-order valence-electron chi connectivity index (χ3n) is 4.39. The molecule has 0 bridgehead atoms. The van der Waals surface area contributed by atoms with Crippen LogP contribution in [0.1, 0.15) is 5.76 Å². The van der Waals surface area contributed by atoms with Crippen LogP contribution in [-0.4, -0.2) is 24.5 Å². The summed E-state index contributed by atoms with van der Waals surface area (Å²) in [5, 5.41) is 15.5. The van der Waals surface area contributed by atoms with Gasteiger partial charge in [0.15, 0.2) is 5.82 Å². The molecule has 0 aliphatic rings. The molecule has 1 aromatic carbocycles. The number of furan rings is 1. The molecule has 10 heteroatoms. The van der Waals surface area contributed by atoms with E-state index in [0.717, 1.165) is 5.56 Å². The zero-order chi connectivity index (χ0) is 20.7. The van der Waals surface area contributed by atoms with Crippen LogP contribution in [0.15, 0.2) is 70.1 Å². The van der Waals surface area contributed by atoms with Gasteiger partial charge in [-0.1, -0.05) is 23.5 Å². The van der Waals surface area contributed by atoms with Crippen LogP contribution in [0.5, 0.6) is 0 Å². The van der Waals surface area contributed by atoms with Crippen LogP contribution in [-0.2, 0) is 0 Å². The molecule has 4 heterocycles. The second-order valence-electron chi connectivity index (χ2n) is 6.26. The lowest BCUT2D eigenvalue weighted by Gasteiger charge is -1.98. The number of nitrogens with zero attached hydrogens (tertiary/aromatic N) is 5. The zero-order valence-electron chi connectivity index (χ0n) is 15.1. The standard InChI is InChI=1S/C20H11N5O4S/c26-19-17(30-20-22-18(23-24(19)20)12-7-9-21-10-8-12)11-13-5-6-16(29-13)14-3-1-2-4-15(14)25(27)28/h1-11H/b17-11-. The maximum absolute atomic E-state index is 12.7. The van der Waals surface area contributed by atoms with Gasteiger partial charge in [0.2, 0.25) is 4.96 Å². The minimum Gasteiger partial charge on any atom is -0.456 e. The van der Waals surface area contributed by atoms with Crippen LogP contribution in [0.4, 0.5) is 5.69 Å². The molecule has 0 amide bonds. The number of hydrogen-bond acceptors (Lipinski definition) is 8. The van der Waals surface area contributed by atoms with E-state index in [2.05, 4.69) is 15.1 Å². The molecule has 146 valence electrons. The number of aromatic nitrogens is 4. The van der Waals surface area contributed by atoms with Crippen molar-refractivity contribution in [2.45, 2.75) is 0 Å². The Morgan fingerprint density at radius 2 is 1.90 bits per heavy atom. The van der Waals surface area contributed by atoms with E-state index >= 15 is 0 Å². The van der Waals surface area contributed by atoms with Crippen molar-refractivity contribution in [2.24, 2.45) is 0 Å². The van der Waals surface area contributed by atoms with E-state index in [4.69, 9.17) is 4.42 Å². The Bertz CT molecular complexity index is 1500. The number of thiazole rings is 1. The number of benzene rings is 1. The average molecular weight is 417 g/mol. The smallest absolute Gasteiger partial charge is 0.291 e. The predicted molar refractivity (Wildman–Crippen MR) is 110 cm³/mol. The van der Waals surface area contributed by atoms with E-state index in [0.29, 0.717) is 32.4 Å². The number of pyridine rings is 1. The Morgan fingerprint density at radius 1 is 1.10 bits per heavy atom. The quantitative estimate of drug-likeness (QED) is 0.326. The lowest BCUT2D eigenvalue weighted by molar-refractivity contribution is -0.384. The van der Waals surface area contributed by atoms with Gasteiger partial charge in [-0.15, -0.1) is 5.10 Å². The molecule has 0 spiro atoms. The molecule has 30 heavy (non-hydrogen) atoms. The first-order valence-electron chi connectivity index (χ1n) is 8.75. The fourth-order valence-corrected chi connectivity index (χ4v) is 3.89. The minimum absolute atomic E-state index is 0.0506. The van der Waals surface area contributed by atoms with Gasteiger partial charge in [-0.2, -0.15) is 9.50 Å². The summed E-state index contributed by atoms with van der Waals surface area (Å²) in [5.41, 5.74) is 0.775. The molecule has 0 atom stereocenters. The monoisotopic (exact) mass is 417 g/mol. The van der Waals surface area contributed by atoms with E-state index in [-0.39, 0.29) is 11.2 Å². The van der Waals surface area contributed by atoms with Crippen LogP contribution in [0, 0.1) is 10.1 Å². The van der Waals surface area contributed by atoms with Gasteiger partial charge in [0.1, 0.15) is 16.1 Å². The Hall–Kier alpha value is -4.18. The van der Waals surface area contributed by atoms with Gasteiger partial charge < -0.3 is 4.42 Å². The molecular weight excluding hydrogens is 406 g/mol. The van der Waals surface area contributed by atoms with Gasteiger partial charge >= 0.3 is 0 Å². The molecule has 0 aliphatic heterocycles. The van der Waals surface area contributed by atoms with E-state index in [1.807, 2.05) is 0 Å². The van der Waals surface area contributed by atoms with Crippen molar-refractivity contribution < 1.29 is 9.34 Å². The SMILES string of the molecule is O=c1/c(=C/c2ccc(-c3ccccc3[N+](=O)[O-])o2)sc2nc(-c3ccncc3)nn12. The molecule has 0 unspecified atom stereocenters. The predicted octanol–water partition coefficient (Wildman–Crippen LogP) is 2.93. The van der Waals surface area contributed by atoms with Crippen LogP contribution in [0.25, 0.3) is 33.7 Å². The van der Waals surface area contributed by atoms with Crippen molar-refractivity contribution in [3.05, 3.63) is 91.7 Å². The number of fused-ring (bicyclic) bond motifs is 1. The van der Waals surface area contributed by atoms with Crippen molar-refractivity contribution in [2.75, 3.05) is 0 Å². The fourth-order valence-electron chi connectivity index (χ4n) is 3.00. The Kier molecular flexibility index (Phi) is 4.18. The molecule has 4 aromatic heterocycles. The summed E-state index contributed by atoms with van der Waals surface area (Å²) >= 11 is 1.18. The summed E-state index contributed by atoms with van der Waals surface area (Å²) in [6.07, 6.45) is 4.84. The average Bonchev–Trinajstić information content (AvgIpc) is 3.46. The van der Waals surface area contributed by atoms with Crippen LogP contribution >= 0.6 is 11.3 Å². The van der Waals surface area contributed by atoms with Gasteiger partial charge in [-0.25, -0.2) is 0 Å². The summed E-state index contributed by atoms with van der Waals surface area (Å²) in [6, 6.07) is 13.1. The number of nitro groups is 1. The van der Waals surface area contributed by atoms with E-state index in [1.54, 1.807) is 60.9 Å². The molecule has 5 rings (SSSR count). The summed E-state index contributed by atoms with van der Waals surface area (Å²) in [4.78, 5) is 32.3. The molecular formula is C20H11N5O4S. The molecule has 5 aromatic rings. The first-order chi connectivity index (χ1) is 14.6. The van der Waals surface area contributed by atoms with Crippen molar-refractivity contribution in [1.82, 2.24) is 19.6 Å². The molecule has 0 radical (unpaired) electrons. The topological polar surface area (TPSA) is 116 Å². The zero-order valence-corrected chi connectivity index (χ0v) is 15.9. The molecule has 0 N–H and O–H groups in total. The number of nitro benzene ring substituents is 1. The van der Waals surface area contributed by atoms with E-state index in [9.17, 15) is 14.9 Å². The van der Waals surface area contributed by atoms with Crippen molar-refractivity contribution in [3.8, 4) is 22.7 Å². The van der Waals surface area contributed by atoms with Crippen molar-refractivity contribution in [1.29, 1.82) is 0 Å². The normalized spacial score (nSPS) is 11.9. The summed E-state index contributed by atoms with van der Waals surface area (Å²) < 4.78 is 7.38. The van der Waals surface area contributed by atoms with E-state index in [1.165, 1.54) is 21.9 Å². The fraction of sp³-hybridized carbons (Fsp3) is 0. The maximum Gasteiger partial charge on any atom is 0.291 e. The second-order valence-corrected chi connectivity index (χ2v) is 7.27. The molecule has 0 saturated heterocycles. The van der Waals surface area contributed by atoms with Crippen molar-refractivity contribution in [3.63, 3.8) is 0 Å². The highest BCUT2D eigenvalue weighted by Gasteiger charge is 2.17. The molecule has 9 nitrogen and oxygen atoms in total. The highest BCUT2D eigenvalue weighted by Crippen LogP contribution is 2.31. The first kappa shape index (κ1) is 17.9. The molecule has 0 fully saturated rings. The number of hydrogen-bond donors (Lipinski definition) is 0. The third kappa shape index (κ3) is 3.05. The lowest BCUT2D eigenvalue weighted by Crippen LogP contribution is -2.23. The van der Waals surface area contributed by atoms with Gasteiger partial charge in [-0.3, -0.25) is 19.9 Å². The van der Waals surface area contributed by atoms with Crippen LogP contribution in [0.3, 0.4) is 0 Å².